The molecule has 106 valence electrons. The minimum atomic E-state index is 0.184. The summed E-state index contributed by atoms with van der Waals surface area (Å²) in [6, 6.07) is 10.4. The third-order valence-corrected chi connectivity index (χ3v) is 4.20. The molecule has 1 aromatic heterocycles. The second-order valence-electron chi connectivity index (χ2n) is 4.42. The van der Waals surface area contributed by atoms with Crippen LogP contribution in [-0.2, 0) is 6.42 Å². The molecule has 0 fully saturated rings. The highest BCUT2D eigenvalue weighted by Crippen LogP contribution is 2.27. The minimum absolute atomic E-state index is 0.184. The third kappa shape index (κ3) is 3.81. The number of likely N-dealkylation sites (N-methyl/N-ethyl adjacent to an activating group) is 1. The normalized spacial score (nSPS) is 12.2. The smallest absolute Gasteiger partial charge is 0.133 e. The van der Waals surface area contributed by atoms with Crippen LogP contribution in [0.2, 0.25) is 0 Å². The lowest BCUT2D eigenvalue weighted by Gasteiger charge is -2.16. The van der Waals surface area contributed by atoms with Gasteiger partial charge < -0.3 is 10.1 Å². The van der Waals surface area contributed by atoms with Crippen LogP contribution in [0.25, 0.3) is 0 Å². The van der Waals surface area contributed by atoms with E-state index in [1.807, 2.05) is 31.4 Å². The van der Waals surface area contributed by atoms with Gasteiger partial charge in [0.15, 0.2) is 0 Å². The highest BCUT2D eigenvalue weighted by Gasteiger charge is 2.12. The Kier molecular flexibility index (Phi) is 5.57. The van der Waals surface area contributed by atoms with Crippen LogP contribution in [0.3, 0.4) is 0 Å². The third-order valence-electron chi connectivity index (χ3n) is 3.11. The largest absolute Gasteiger partial charge is 0.496 e. The topological polar surface area (TPSA) is 34.1 Å². The lowest BCUT2D eigenvalue weighted by Crippen LogP contribution is -2.20. The number of rotatable bonds is 5. The first-order valence-electron chi connectivity index (χ1n) is 6.25. The van der Waals surface area contributed by atoms with Crippen molar-refractivity contribution in [3.63, 3.8) is 0 Å². The fourth-order valence-corrected chi connectivity index (χ4v) is 2.84. The molecule has 0 aliphatic rings. The summed E-state index contributed by atoms with van der Waals surface area (Å²) < 4.78 is 7.21. The quantitative estimate of drug-likeness (QED) is 0.821. The number of methoxy groups -OCH3 is 1. The van der Waals surface area contributed by atoms with E-state index in [-0.39, 0.29) is 6.04 Å². The second-order valence-corrected chi connectivity index (χ2v) is 6.19. The van der Waals surface area contributed by atoms with Crippen molar-refractivity contribution in [1.29, 1.82) is 0 Å². The predicted octanol–water partition coefficient (Wildman–Crippen LogP) is 4.12. The van der Waals surface area contributed by atoms with Crippen LogP contribution in [-0.4, -0.2) is 19.1 Å². The molecule has 0 saturated carbocycles. The Morgan fingerprint density at radius 3 is 2.60 bits per heavy atom. The van der Waals surface area contributed by atoms with Crippen LogP contribution < -0.4 is 10.1 Å². The maximum atomic E-state index is 5.25. The number of nitrogens with one attached hydrogen (secondary N) is 1. The summed E-state index contributed by atoms with van der Waals surface area (Å²) in [4.78, 5) is 4.46. The molecule has 20 heavy (non-hydrogen) atoms. The molecule has 0 saturated heterocycles. The van der Waals surface area contributed by atoms with Gasteiger partial charge in [-0.25, -0.2) is 0 Å². The van der Waals surface area contributed by atoms with E-state index in [1.54, 1.807) is 7.11 Å². The Bertz CT molecular complexity index is 573. The van der Waals surface area contributed by atoms with E-state index in [4.69, 9.17) is 4.74 Å². The highest BCUT2D eigenvalue weighted by molar-refractivity contribution is 9.10. The van der Waals surface area contributed by atoms with E-state index in [9.17, 15) is 0 Å². The Morgan fingerprint density at radius 1 is 1.25 bits per heavy atom. The molecule has 2 rings (SSSR count). The SMILES string of the molecule is CNC(Cc1ccc(OC)c(Br)c1)c1ccc(Br)cn1. The van der Waals surface area contributed by atoms with E-state index in [2.05, 4.69) is 54.3 Å². The van der Waals surface area contributed by atoms with Gasteiger partial charge in [0, 0.05) is 10.7 Å². The van der Waals surface area contributed by atoms with Gasteiger partial charge in [-0.15, -0.1) is 0 Å². The van der Waals surface area contributed by atoms with E-state index in [0.717, 1.165) is 26.8 Å². The van der Waals surface area contributed by atoms with Crippen LogP contribution in [0.5, 0.6) is 5.75 Å². The highest BCUT2D eigenvalue weighted by atomic mass is 79.9. The monoisotopic (exact) mass is 398 g/mol. The molecule has 1 N–H and O–H groups in total. The number of aromatic nitrogens is 1. The molecule has 5 heteroatoms. The molecule has 2 aromatic rings. The second kappa shape index (κ2) is 7.20. The number of hydrogen-bond donors (Lipinski definition) is 1. The average Bonchev–Trinajstić information content (AvgIpc) is 2.46. The molecule has 1 aromatic carbocycles. The first-order valence-corrected chi connectivity index (χ1v) is 7.83. The van der Waals surface area contributed by atoms with Crippen molar-refractivity contribution in [2.75, 3.05) is 14.2 Å². The minimum Gasteiger partial charge on any atom is -0.496 e. The first-order chi connectivity index (χ1) is 9.63. The van der Waals surface area contributed by atoms with Crippen molar-refractivity contribution in [2.45, 2.75) is 12.5 Å². The van der Waals surface area contributed by atoms with Crippen LogP contribution in [0.15, 0.2) is 45.5 Å². The zero-order valence-electron chi connectivity index (χ0n) is 11.4. The van der Waals surface area contributed by atoms with Crippen LogP contribution in [0, 0.1) is 0 Å². The van der Waals surface area contributed by atoms with Gasteiger partial charge in [0.05, 0.1) is 23.3 Å². The van der Waals surface area contributed by atoms with Crippen molar-refractivity contribution in [3.05, 3.63) is 56.7 Å². The summed E-state index contributed by atoms with van der Waals surface area (Å²) in [5, 5.41) is 3.31. The molecule has 0 aliphatic carbocycles. The first kappa shape index (κ1) is 15.5. The van der Waals surface area contributed by atoms with Crippen molar-refractivity contribution >= 4 is 31.9 Å². The van der Waals surface area contributed by atoms with Gasteiger partial charge >= 0.3 is 0 Å². The molecule has 1 atom stereocenters. The van der Waals surface area contributed by atoms with Gasteiger partial charge in [-0.1, -0.05) is 6.07 Å². The summed E-state index contributed by atoms with van der Waals surface area (Å²) >= 11 is 6.92. The number of ether oxygens (including phenoxy) is 1. The summed E-state index contributed by atoms with van der Waals surface area (Å²) in [6.45, 7) is 0. The van der Waals surface area contributed by atoms with Crippen LogP contribution >= 0.6 is 31.9 Å². The summed E-state index contributed by atoms with van der Waals surface area (Å²) in [5.74, 6) is 0.844. The van der Waals surface area contributed by atoms with Crippen molar-refractivity contribution in [2.24, 2.45) is 0 Å². The Hall–Kier alpha value is -0.910. The average molecular weight is 400 g/mol. The van der Waals surface area contributed by atoms with Gasteiger partial charge in [-0.2, -0.15) is 0 Å². The molecule has 0 spiro atoms. The van der Waals surface area contributed by atoms with Gasteiger partial charge in [0.25, 0.3) is 0 Å². The Balaban J connectivity index is 2.17. The van der Waals surface area contributed by atoms with Crippen LogP contribution in [0.4, 0.5) is 0 Å². The number of benzene rings is 1. The predicted molar refractivity (Wildman–Crippen MR) is 88.1 cm³/mol. The van der Waals surface area contributed by atoms with Crippen LogP contribution in [0.1, 0.15) is 17.3 Å². The van der Waals surface area contributed by atoms with E-state index in [1.165, 1.54) is 5.56 Å². The van der Waals surface area contributed by atoms with Gasteiger partial charge in [-0.05, 0) is 75.2 Å². The van der Waals surface area contributed by atoms with Gasteiger partial charge in [0.1, 0.15) is 5.75 Å². The zero-order valence-corrected chi connectivity index (χ0v) is 14.5. The fourth-order valence-electron chi connectivity index (χ4n) is 2.02. The van der Waals surface area contributed by atoms with Crippen molar-refractivity contribution in [1.82, 2.24) is 10.3 Å². The zero-order chi connectivity index (χ0) is 14.5. The Morgan fingerprint density at radius 2 is 2.05 bits per heavy atom. The molecule has 1 heterocycles. The summed E-state index contributed by atoms with van der Waals surface area (Å²) in [7, 11) is 3.62. The summed E-state index contributed by atoms with van der Waals surface area (Å²) in [5.41, 5.74) is 2.25. The van der Waals surface area contributed by atoms with Gasteiger partial charge in [-0.3, -0.25) is 4.98 Å². The molecular formula is C15H16Br2N2O. The number of hydrogen-bond acceptors (Lipinski definition) is 3. The number of halogens is 2. The lowest BCUT2D eigenvalue weighted by atomic mass is 10.0. The molecular weight excluding hydrogens is 384 g/mol. The standard InChI is InChI=1S/C15H16Br2N2O/c1-18-14(13-5-4-11(16)9-19-13)8-10-3-6-15(20-2)12(17)7-10/h3-7,9,14,18H,8H2,1-2H3. The van der Waals surface area contributed by atoms with E-state index in [0.29, 0.717) is 0 Å². The maximum absolute atomic E-state index is 5.25. The molecule has 0 amide bonds. The maximum Gasteiger partial charge on any atom is 0.133 e. The summed E-state index contributed by atoms with van der Waals surface area (Å²) in [6.07, 6.45) is 2.69. The molecule has 1 unspecified atom stereocenters. The van der Waals surface area contributed by atoms with Crippen molar-refractivity contribution < 1.29 is 4.74 Å². The number of nitrogens with zero attached hydrogens (tertiary/aromatic N) is 1. The Labute approximate surface area is 136 Å². The number of pyridine rings is 1. The van der Waals surface area contributed by atoms with E-state index < -0.39 is 0 Å². The molecule has 0 aliphatic heterocycles. The lowest BCUT2D eigenvalue weighted by molar-refractivity contribution is 0.412. The molecule has 3 nitrogen and oxygen atoms in total. The van der Waals surface area contributed by atoms with Crippen molar-refractivity contribution in [3.8, 4) is 5.75 Å². The molecule has 0 bridgehead atoms. The van der Waals surface area contributed by atoms with Gasteiger partial charge in [0.2, 0.25) is 0 Å². The molecule has 0 radical (unpaired) electrons. The fraction of sp³-hybridized carbons (Fsp3) is 0.267. The van der Waals surface area contributed by atoms with E-state index >= 15 is 0 Å².